The topological polar surface area (TPSA) is 64.7 Å². The van der Waals surface area contributed by atoms with Crippen molar-refractivity contribution in [2.75, 3.05) is 5.32 Å². The van der Waals surface area contributed by atoms with Gasteiger partial charge in [0.1, 0.15) is 17.6 Å². The summed E-state index contributed by atoms with van der Waals surface area (Å²) >= 11 is 6.01. The van der Waals surface area contributed by atoms with E-state index in [4.69, 9.17) is 11.6 Å². The lowest BCUT2D eigenvalue weighted by Crippen LogP contribution is -2.25. The highest BCUT2D eigenvalue weighted by atomic mass is 35.5. The van der Waals surface area contributed by atoms with Gasteiger partial charge >= 0.3 is 0 Å². The Hall–Kier alpha value is -2.81. The first-order valence-corrected chi connectivity index (χ1v) is 8.74. The zero-order valence-electron chi connectivity index (χ0n) is 15.0. The first-order chi connectivity index (χ1) is 13.2. The smallest absolute Gasteiger partial charge is 0.282 e. The van der Waals surface area contributed by atoms with Gasteiger partial charge in [0, 0.05) is 16.9 Å². The number of carbonyl (C=O) groups excluding carboxylic acids is 1. The van der Waals surface area contributed by atoms with Crippen LogP contribution in [0.4, 0.5) is 18.9 Å². The van der Waals surface area contributed by atoms with Crippen molar-refractivity contribution in [2.45, 2.75) is 32.9 Å². The lowest BCUT2D eigenvalue weighted by Gasteiger charge is -2.13. The van der Waals surface area contributed by atoms with E-state index in [-0.39, 0.29) is 10.7 Å². The van der Waals surface area contributed by atoms with Crippen LogP contribution in [0.5, 0.6) is 0 Å². The SMILES string of the molecule is Cc1cc(C(F)F)nn1C(C)C(=O)Nc1cnn(Cc2ccc(F)cc2Cl)c1. The second-order valence-corrected chi connectivity index (χ2v) is 6.69. The molecular weight excluding hydrogens is 395 g/mol. The van der Waals surface area contributed by atoms with Crippen LogP contribution >= 0.6 is 11.6 Å². The minimum absolute atomic E-state index is 0.277. The lowest BCUT2D eigenvalue weighted by molar-refractivity contribution is -0.119. The second-order valence-electron chi connectivity index (χ2n) is 6.28. The van der Waals surface area contributed by atoms with Crippen LogP contribution in [0, 0.1) is 12.7 Å². The van der Waals surface area contributed by atoms with Crippen molar-refractivity contribution in [3.8, 4) is 0 Å². The molecule has 0 radical (unpaired) electrons. The molecule has 0 fully saturated rings. The molecule has 0 saturated carbocycles. The molecule has 2 heterocycles. The molecule has 0 aliphatic carbocycles. The van der Waals surface area contributed by atoms with E-state index in [9.17, 15) is 18.0 Å². The van der Waals surface area contributed by atoms with Crippen molar-refractivity contribution in [1.29, 1.82) is 0 Å². The molecular formula is C18H17ClF3N5O. The number of hydrogen-bond acceptors (Lipinski definition) is 3. The fourth-order valence-corrected chi connectivity index (χ4v) is 2.93. The fraction of sp³-hybridized carbons (Fsp3) is 0.278. The largest absolute Gasteiger partial charge is 0.322 e. The Bertz CT molecular complexity index is 1000. The van der Waals surface area contributed by atoms with E-state index < -0.39 is 24.2 Å². The number of nitrogens with one attached hydrogen (secondary N) is 1. The maximum atomic E-state index is 13.1. The van der Waals surface area contributed by atoms with Gasteiger partial charge in [-0.3, -0.25) is 14.2 Å². The summed E-state index contributed by atoms with van der Waals surface area (Å²) in [7, 11) is 0. The Morgan fingerprint density at radius 3 is 2.71 bits per heavy atom. The van der Waals surface area contributed by atoms with Crippen LogP contribution in [0.25, 0.3) is 0 Å². The maximum Gasteiger partial charge on any atom is 0.282 e. The lowest BCUT2D eigenvalue weighted by atomic mass is 10.2. The van der Waals surface area contributed by atoms with Gasteiger partial charge in [-0.15, -0.1) is 0 Å². The summed E-state index contributed by atoms with van der Waals surface area (Å²) < 4.78 is 41.5. The average molecular weight is 412 g/mol. The van der Waals surface area contributed by atoms with Gasteiger partial charge in [-0.05, 0) is 37.6 Å². The normalized spacial score (nSPS) is 12.4. The molecule has 1 atom stereocenters. The molecule has 0 spiro atoms. The molecule has 1 aromatic carbocycles. The molecule has 6 nitrogen and oxygen atoms in total. The van der Waals surface area contributed by atoms with Crippen LogP contribution < -0.4 is 5.32 Å². The van der Waals surface area contributed by atoms with Gasteiger partial charge in [0.25, 0.3) is 6.43 Å². The monoisotopic (exact) mass is 411 g/mol. The summed E-state index contributed by atoms with van der Waals surface area (Å²) in [5.74, 6) is -0.855. The van der Waals surface area contributed by atoms with E-state index in [2.05, 4.69) is 15.5 Å². The van der Waals surface area contributed by atoms with Crippen molar-refractivity contribution >= 4 is 23.2 Å². The minimum Gasteiger partial charge on any atom is -0.322 e. The maximum absolute atomic E-state index is 13.1. The second kappa shape index (κ2) is 8.05. The molecule has 2 aromatic heterocycles. The highest BCUT2D eigenvalue weighted by Crippen LogP contribution is 2.22. The van der Waals surface area contributed by atoms with Crippen molar-refractivity contribution in [2.24, 2.45) is 0 Å². The van der Waals surface area contributed by atoms with E-state index >= 15 is 0 Å². The summed E-state index contributed by atoms with van der Waals surface area (Å²) in [6.45, 7) is 3.46. The standard InChI is InChI=1S/C18H17ClF3N5O/c1-10-5-16(17(21)22)25-27(10)11(2)18(28)24-14-7-23-26(9-14)8-12-3-4-13(20)6-15(12)19/h3-7,9,11,17H,8H2,1-2H3,(H,24,28). The molecule has 28 heavy (non-hydrogen) atoms. The molecule has 1 N–H and O–H groups in total. The van der Waals surface area contributed by atoms with Crippen LogP contribution in [0.3, 0.4) is 0 Å². The number of hydrogen-bond donors (Lipinski definition) is 1. The van der Waals surface area contributed by atoms with Crippen molar-refractivity contribution in [3.63, 3.8) is 0 Å². The van der Waals surface area contributed by atoms with Crippen molar-refractivity contribution in [3.05, 3.63) is 64.5 Å². The summed E-state index contributed by atoms with van der Waals surface area (Å²) in [5.41, 5.74) is 1.18. The number of anilines is 1. The molecule has 0 bridgehead atoms. The predicted molar refractivity (Wildman–Crippen MR) is 98.0 cm³/mol. The first-order valence-electron chi connectivity index (χ1n) is 8.36. The van der Waals surface area contributed by atoms with Gasteiger partial charge in [0.15, 0.2) is 0 Å². The molecule has 0 aliphatic heterocycles. The van der Waals surface area contributed by atoms with Crippen LogP contribution in [0.2, 0.25) is 5.02 Å². The van der Waals surface area contributed by atoms with Crippen molar-refractivity contribution in [1.82, 2.24) is 19.6 Å². The summed E-state index contributed by atoms with van der Waals surface area (Å²) in [6, 6.07) is 4.53. The number of benzene rings is 1. The molecule has 0 aliphatic rings. The molecule has 1 amide bonds. The molecule has 0 saturated heterocycles. The van der Waals surface area contributed by atoms with Crippen LogP contribution in [0.1, 0.15) is 36.3 Å². The average Bonchev–Trinajstić information content (AvgIpc) is 3.23. The minimum atomic E-state index is -2.70. The van der Waals surface area contributed by atoms with Crippen molar-refractivity contribution < 1.29 is 18.0 Å². The number of rotatable bonds is 6. The molecule has 3 aromatic rings. The van der Waals surface area contributed by atoms with E-state index in [1.807, 2.05) is 0 Å². The third-order valence-electron chi connectivity index (χ3n) is 4.16. The van der Waals surface area contributed by atoms with Gasteiger partial charge in [-0.1, -0.05) is 17.7 Å². The predicted octanol–water partition coefficient (Wildman–Crippen LogP) is 4.37. The molecule has 10 heteroatoms. The zero-order valence-corrected chi connectivity index (χ0v) is 15.8. The van der Waals surface area contributed by atoms with Gasteiger partial charge in [-0.2, -0.15) is 10.2 Å². The summed E-state index contributed by atoms with van der Waals surface area (Å²) in [4.78, 5) is 12.4. The quantitative estimate of drug-likeness (QED) is 0.655. The van der Waals surface area contributed by atoms with Crippen LogP contribution in [0.15, 0.2) is 36.7 Å². The molecule has 148 valence electrons. The van der Waals surface area contributed by atoms with Gasteiger partial charge < -0.3 is 5.32 Å². The number of alkyl halides is 2. The summed E-state index contributed by atoms with van der Waals surface area (Å²) in [5, 5.41) is 10.9. The third kappa shape index (κ3) is 4.36. The number of aromatic nitrogens is 4. The fourth-order valence-electron chi connectivity index (χ4n) is 2.71. The number of nitrogens with zero attached hydrogens (tertiary/aromatic N) is 4. The van der Waals surface area contributed by atoms with Gasteiger partial charge in [0.05, 0.1) is 18.4 Å². The van der Waals surface area contributed by atoms with E-state index in [1.54, 1.807) is 26.1 Å². The molecule has 3 rings (SSSR count). The number of halogens is 4. The Morgan fingerprint density at radius 1 is 1.32 bits per heavy atom. The van der Waals surface area contributed by atoms with Gasteiger partial charge in [0.2, 0.25) is 5.91 Å². The van der Waals surface area contributed by atoms with Crippen LogP contribution in [-0.4, -0.2) is 25.5 Å². The first kappa shape index (κ1) is 19.9. The van der Waals surface area contributed by atoms with E-state index in [0.717, 1.165) is 0 Å². The number of amides is 1. The Morgan fingerprint density at radius 2 is 2.07 bits per heavy atom. The Labute approximate surface area is 163 Å². The zero-order chi connectivity index (χ0) is 20.4. The van der Waals surface area contributed by atoms with E-state index in [1.165, 1.54) is 33.8 Å². The third-order valence-corrected chi connectivity index (χ3v) is 4.51. The number of aryl methyl sites for hydroxylation is 1. The highest BCUT2D eigenvalue weighted by molar-refractivity contribution is 6.31. The number of carbonyl (C=O) groups is 1. The van der Waals surface area contributed by atoms with E-state index in [0.29, 0.717) is 23.5 Å². The van der Waals surface area contributed by atoms with Crippen LogP contribution in [-0.2, 0) is 11.3 Å². The Balaban J connectivity index is 1.68. The molecule has 1 unspecified atom stereocenters. The Kier molecular flexibility index (Phi) is 5.73. The van der Waals surface area contributed by atoms with Gasteiger partial charge in [-0.25, -0.2) is 13.2 Å². The highest BCUT2D eigenvalue weighted by Gasteiger charge is 2.21. The summed E-state index contributed by atoms with van der Waals surface area (Å²) in [6.07, 6.45) is 0.333.